The molecule has 0 atom stereocenters. The van der Waals surface area contributed by atoms with Crippen LogP contribution in [0.2, 0.25) is 0 Å². The van der Waals surface area contributed by atoms with E-state index in [0.717, 1.165) is 40.2 Å². The van der Waals surface area contributed by atoms with Crippen molar-refractivity contribution < 1.29 is 14.3 Å². The second kappa shape index (κ2) is 9.61. The lowest BCUT2D eigenvalue weighted by molar-refractivity contribution is -0.123. The Balaban J connectivity index is 1.83. The molecule has 0 saturated heterocycles. The van der Waals surface area contributed by atoms with Crippen LogP contribution in [0.25, 0.3) is 0 Å². The van der Waals surface area contributed by atoms with E-state index in [1.54, 1.807) is 6.21 Å². The van der Waals surface area contributed by atoms with Crippen molar-refractivity contribution in [1.82, 2.24) is 5.43 Å². The Bertz CT molecular complexity index is 768. The summed E-state index contributed by atoms with van der Waals surface area (Å²) in [6, 6.07) is 11.6. The van der Waals surface area contributed by atoms with Gasteiger partial charge in [0.1, 0.15) is 11.5 Å². The number of carbonyl (C=O) groups is 1. The Kier molecular flexibility index (Phi) is 7.21. The maximum absolute atomic E-state index is 11.9. The van der Waals surface area contributed by atoms with Crippen LogP contribution in [0.3, 0.4) is 0 Å². The predicted molar refractivity (Wildman–Crippen MR) is 104 cm³/mol. The minimum Gasteiger partial charge on any atom is -0.494 e. The van der Waals surface area contributed by atoms with Gasteiger partial charge in [0.05, 0.1) is 12.8 Å². The Morgan fingerprint density at radius 1 is 1.04 bits per heavy atom. The highest BCUT2D eigenvalue weighted by Gasteiger charge is 2.08. The van der Waals surface area contributed by atoms with Crippen molar-refractivity contribution in [1.29, 1.82) is 0 Å². The van der Waals surface area contributed by atoms with E-state index in [-0.39, 0.29) is 12.5 Å². The lowest BCUT2D eigenvalue weighted by atomic mass is 10.1. The molecule has 0 aliphatic carbocycles. The summed E-state index contributed by atoms with van der Waals surface area (Å²) in [5, 5.41) is 3.96. The summed E-state index contributed by atoms with van der Waals surface area (Å²) in [6.45, 7) is 8.66. The minimum absolute atomic E-state index is 0.0771. The molecule has 138 valence electrons. The Morgan fingerprint density at radius 3 is 2.42 bits per heavy atom. The molecule has 0 spiro atoms. The van der Waals surface area contributed by atoms with Crippen molar-refractivity contribution in [3.63, 3.8) is 0 Å². The molecule has 5 nitrogen and oxygen atoms in total. The van der Waals surface area contributed by atoms with Crippen LogP contribution in [-0.2, 0) is 4.79 Å². The molecule has 2 aromatic rings. The van der Waals surface area contributed by atoms with Crippen molar-refractivity contribution in [3.8, 4) is 11.5 Å². The van der Waals surface area contributed by atoms with Crippen molar-refractivity contribution in [2.45, 2.75) is 34.1 Å². The van der Waals surface area contributed by atoms with Gasteiger partial charge in [-0.2, -0.15) is 5.10 Å². The van der Waals surface area contributed by atoms with Gasteiger partial charge in [-0.3, -0.25) is 4.79 Å². The molecule has 5 heteroatoms. The third kappa shape index (κ3) is 5.62. The maximum Gasteiger partial charge on any atom is 0.277 e. The van der Waals surface area contributed by atoms with Gasteiger partial charge in [0.25, 0.3) is 5.91 Å². The van der Waals surface area contributed by atoms with Crippen molar-refractivity contribution >= 4 is 12.1 Å². The number of rotatable bonds is 8. The third-order valence-corrected chi connectivity index (χ3v) is 3.98. The number of benzene rings is 2. The summed E-state index contributed by atoms with van der Waals surface area (Å²) < 4.78 is 11.2. The summed E-state index contributed by atoms with van der Waals surface area (Å²) in [4.78, 5) is 11.9. The van der Waals surface area contributed by atoms with E-state index in [4.69, 9.17) is 9.47 Å². The fraction of sp³-hybridized carbons (Fsp3) is 0.333. The number of hydrogen-bond donors (Lipinski definition) is 1. The Morgan fingerprint density at radius 2 is 1.73 bits per heavy atom. The van der Waals surface area contributed by atoms with Gasteiger partial charge in [0, 0.05) is 0 Å². The number of hydrogen-bond acceptors (Lipinski definition) is 4. The van der Waals surface area contributed by atoms with Gasteiger partial charge >= 0.3 is 0 Å². The van der Waals surface area contributed by atoms with Crippen molar-refractivity contribution in [2.75, 3.05) is 13.2 Å². The number of carbonyl (C=O) groups excluding carboxylic acids is 1. The standard InChI is InChI=1S/C21H26N2O3/c1-5-12-25-19-10-8-18(9-11-19)13-22-23-20(24)14-26-21-16(3)7-6-15(2)17(21)4/h6-11,13H,5,12,14H2,1-4H3,(H,23,24)/b22-13+. The van der Waals surface area contributed by atoms with Crippen LogP contribution in [0, 0.1) is 20.8 Å². The van der Waals surface area contributed by atoms with Gasteiger partial charge in [-0.05, 0) is 73.7 Å². The van der Waals surface area contributed by atoms with Crippen LogP contribution < -0.4 is 14.9 Å². The smallest absolute Gasteiger partial charge is 0.277 e. The average molecular weight is 354 g/mol. The second-order valence-corrected chi connectivity index (χ2v) is 6.15. The van der Waals surface area contributed by atoms with Gasteiger partial charge in [-0.15, -0.1) is 0 Å². The fourth-order valence-corrected chi connectivity index (χ4v) is 2.37. The van der Waals surface area contributed by atoms with Gasteiger partial charge in [0.15, 0.2) is 6.61 Å². The minimum atomic E-state index is -0.301. The molecule has 0 saturated carbocycles. The molecule has 1 amide bonds. The van der Waals surface area contributed by atoms with E-state index in [2.05, 4.69) is 17.5 Å². The highest BCUT2D eigenvalue weighted by atomic mass is 16.5. The molecule has 0 aromatic heterocycles. The molecule has 0 bridgehead atoms. The van der Waals surface area contributed by atoms with E-state index in [1.807, 2.05) is 57.2 Å². The summed E-state index contributed by atoms with van der Waals surface area (Å²) in [6.07, 6.45) is 2.56. The number of hydrazone groups is 1. The molecule has 0 unspecified atom stereocenters. The maximum atomic E-state index is 11.9. The monoisotopic (exact) mass is 354 g/mol. The Hall–Kier alpha value is -2.82. The fourth-order valence-electron chi connectivity index (χ4n) is 2.37. The SMILES string of the molecule is CCCOc1ccc(/C=N/NC(=O)COc2c(C)ccc(C)c2C)cc1. The number of nitrogens with zero attached hydrogens (tertiary/aromatic N) is 1. The first-order chi connectivity index (χ1) is 12.5. The van der Waals surface area contributed by atoms with E-state index in [9.17, 15) is 4.79 Å². The Labute approximate surface area is 155 Å². The van der Waals surface area contributed by atoms with Gasteiger partial charge < -0.3 is 9.47 Å². The van der Waals surface area contributed by atoms with Gasteiger partial charge in [-0.1, -0.05) is 19.1 Å². The van der Waals surface area contributed by atoms with Crippen LogP contribution in [0.15, 0.2) is 41.5 Å². The largest absolute Gasteiger partial charge is 0.494 e. The van der Waals surface area contributed by atoms with E-state index in [0.29, 0.717) is 6.61 Å². The molecule has 0 fully saturated rings. The highest BCUT2D eigenvalue weighted by Crippen LogP contribution is 2.25. The van der Waals surface area contributed by atoms with Gasteiger partial charge in [-0.25, -0.2) is 5.43 Å². The normalized spacial score (nSPS) is 10.8. The average Bonchev–Trinajstić information content (AvgIpc) is 2.64. The molecule has 0 aliphatic rings. The van der Waals surface area contributed by atoms with Crippen LogP contribution in [0.4, 0.5) is 0 Å². The van der Waals surface area contributed by atoms with Crippen LogP contribution in [0.1, 0.15) is 35.6 Å². The highest BCUT2D eigenvalue weighted by molar-refractivity contribution is 5.83. The lowest BCUT2D eigenvalue weighted by Crippen LogP contribution is -2.25. The summed E-state index contributed by atoms with van der Waals surface area (Å²) in [5.74, 6) is 1.28. The molecular weight excluding hydrogens is 328 g/mol. The number of amides is 1. The number of nitrogens with one attached hydrogen (secondary N) is 1. The zero-order valence-electron chi connectivity index (χ0n) is 15.8. The summed E-state index contributed by atoms with van der Waals surface area (Å²) in [5.41, 5.74) is 6.55. The molecule has 1 N–H and O–H groups in total. The first-order valence-electron chi connectivity index (χ1n) is 8.75. The predicted octanol–water partition coefficient (Wildman–Crippen LogP) is 3.93. The zero-order chi connectivity index (χ0) is 18.9. The molecule has 2 rings (SSSR count). The molecule has 0 radical (unpaired) electrons. The lowest BCUT2D eigenvalue weighted by Gasteiger charge is -2.13. The first kappa shape index (κ1) is 19.5. The molecular formula is C21H26N2O3. The van der Waals surface area contributed by atoms with E-state index >= 15 is 0 Å². The van der Waals surface area contributed by atoms with Crippen LogP contribution in [0.5, 0.6) is 11.5 Å². The van der Waals surface area contributed by atoms with Crippen molar-refractivity contribution in [3.05, 3.63) is 58.7 Å². The van der Waals surface area contributed by atoms with Crippen LogP contribution in [-0.4, -0.2) is 25.3 Å². The second-order valence-electron chi connectivity index (χ2n) is 6.15. The quantitative estimate of drug-likeness (QED) is 0.577. The molecule has 0 heterocycles. The summed E-state index contributed by atoms with van der Waals surface area (Å²) >= 11 is 0. The van der Waals surface area contributed by atoms with Gasteiger partial charge in [0.2, 0.25) is 0 Å². The number of aryl methyl sites for hydroxylation is 2. The molecule has 2 aromatic carbocycles. The van der Waals surface area contributed by atoms with Crippen LogP contribution >= 0.6 is 0 Å². The molecule has 26 heavy (non-hydrogen) atoms. The number of ether oxygens (including phenoxy) is 2. The van der Waals surface area contributed by atoms with Crippen molar-refractivity contribution in [2.24, 2.45) is 5.10 Å². The van der Waals surface area contributed by atoms with E-state index < -0.39 is 0 Å². The first-order valence-corrected chi connectivity index (χ1v) is 8.75. The third-order valence-electron chi connectivity index (χ3n) is 3.98. The topological polar surface area (TPSA) is 59.9 Å². The zero-order valence-corrected chi connectivity index (χ0v) is 15.8. The molecule has 0 aliphatic heterocycles. The summed E-state index contributed by atoms with van der Waals surface area (Å²) in [7, 11) is 0. The van der Waals surface area contributed by atoms with E-state index in [1.165, 1.54) is 0 Å².